The van der Waals surface area contributed by atoms with Crippen LogP contribution in [-0.2, 0) is 4.79 Å². The zero-order valence-electron chi connectivity index (χ0n) is 17.8. The summed E-state index contributed by atoms with van der Waals surface area (Å²) in [5.41, 5.74) is 4.23. The Hall–Kier alpha value is -2.96. The summed E-state index contributed by atoms with van der Waals surface area (Å²) in [6.45, 7) is 13.0. The zero-order chi connectivity index (χ0) is 20.7. The van der Waals surface area contributed by atoms with E-state index in [0.717, 1.165) is 47.0 Å². The van der Waals surface area contributed by atoms with Gasteiger partial charge in [-0.3, -0.25) is 4.79 Å². The quantitative estimate of drug-likeness (QED) is 0.685. The summed E-state index contributed by atoms with van der Waals surface area (Å²) in [5.74, 6) is 1.88. The van der Waals surface area contributed by atoms with Crippen molar-refractivity contribution in [1.82, 2.24) is 24.6 Å². The molecule has 2 aromatic heterocycles. The van der Waals surface area contributed by atoms with Crippen molar-refractivity contribution in [3.63, 3.8) is 0 Å². The molecule has 0 saturated carbocycles. The first kappa shape index (κ1) is 19.4. The second-order valence-electron chi connectivity index (χ2n) is 8.15. The first-order valence-corrected chi connectivity index (χ1v) is 10.2. The lowest BCUT2D eigenvalue weighted by atomic mass is 10.1. The van der Waals surface area contributed by atoms with E-state index in [4.69, 9.17) is 9.97 Å². The van der Waals surface area contributed by atoms with Gasteiger partial charge in [-0.25, -0.2) is 14.6 Å². The van der Waals surface area contributed by atoms with Gasteiger partial charge in [-0.05, 0) is 32.4 Å². The van der Waals surface area contributed by atoms with E-state index < -0.39 is 0 Å². The molecular weight excluding hydrogens is 364 g/mol. The van der Waals surface area contributed by atoms with Crippen LogP contribution < -0.4 is 4.90 Å². The van der Waals surface area contributed by atoms with Crippen LogP contribution in [0, 0.1) is 26.7 Å². The van der Waals surface area contributed by atoms with Gasteiger partial charge in [-0.15, -0.1) is 0 Å². The van der Waals surface area contributed by atoms with Crippen molar-refractivity contribution >= 4 is 22.8 Å². The van der Waals surface area contributed by atoms with Crippen molar-refractivity contribution in [3.8, 4) is 5.69 Å². The molecule has 1 amide bonds. The van der Waals surface area contributed by atoms with E-state index in [1.54, 1.807) is 0 Å². The topological polar surface area (TPSA) is 67.2 Å². The standard InChI is InChI=1S/C22H28N6O/c1-14(2)22(29)27-10-8-26(9-11-27)20-18-13-23-28(21(18)25-17(5)24-20)19-7-6-15(3)12-16(19)4/h6-7,12-14H,8-11H2,1-5H3. The molecule has 0 atom stereocenters. The lowest BCUT2D eigenvalue weighted by molar-refractivity contribution is -0.134. The van der Waals surface area contributed by atoms with Crippen molar-refractivity contribution in [2.75, 3.05) is 31.1 Å². The van der Waals surface area contributed by atoms with Crippen LogP contribution in [0.4, 0.5) is 5.82 Å². The highest BCUT2D eigenvalue weighted by Gasteiger charge is 2.25. The summed E-state index contributed by atoms with van der Waals surface area (Å²) < 4.78 is 1.90. The molecule has 3 aromatic rings. The molecule has 1 aliphatic heterocycles. The number of amides is 1. The fourth-order valence-electron chi connectivity index (χ4n) is 3.96. The summed E-state index contributed by atoms with van der Waals surface area (Å²) in [4.78, 5) is 25.9. The number of aromatic nitrogens is 4. The van der Waals surface area contributed by atoms with Gasteiger partial charge in [0.25, 0.3) is 0 Å². The molecule has 152 valence electrons. The Morgan fingerprint density at radius 3 is 2.41 bits per heavy atom. The lowest BCUT2D eigenvalue weighted by Gasteiger charge is -2.36. The van der Waals surface area contributed by atoms with Crippen LogP contribution in [0.1, 0.15) is 30.8 Å². The third-order valence-electron chi connectivity index (χ3n) is 5.49. The van der Waals surface area contributed by atoms with E-state index in [1.807, 2.05) is 36.5 Å². The van der Waals surface area contributed by atoms with E-state index in [9.17, 15) is 4.79 Å². The van der Waals surface area contributed by atoms with E-state index in [2.05, 4.69) is 42.0 Å². The number of carbonyl (C=O) groups excluding carboxylic acids is 1. The van der Waals surface area contributed by atoms with E-state index in [0.29, 0.717) is 13.1 Å². The Morgan fingerprint density at radius 1 is 1.03 bits per heavy atom. The predicted octanol–water partition coefficient (Wildman–Crippen LogP) is 3.05. The summed E-state index contributed by atoms with van der Waals surface area (Å²) in [6.07, 6.45) is 1.86. The van der Waals surface area contributed by atoms with Crippen LogP contribution in [0.25, 0.3) is 16.7 Å². The number of hydrogen-bond acceptors (Lipinski definition) is 5. The number of piperazine rings is 1. The van der Waals surface area contributed by atoms with Crippen LogP contribution >= 0.6 is 0 Å². The van der Waals surface area contributed by atoms with Crippen LogP contribution in [0.3, 0.4) is 0 Å². The summed E-state index contributed by atoms with van der Waals surface area (Å²) >= 11 is 0. The van der Waals surface area contributed by atoms with Gasteiger partial charge < -0.3 is 9.80 Å². The highest BCUT2D eigenvalue weighted by Crippen LogP contribution is 2.27. The number of anilines is 1. The van der Waals surface area contributed by atoms with Gasteiger partial charge in [0.15, 0.2) is 5.65 Å². The Bertz CT molecular complexity index is 1060. The Kier molecular flexibility index (Phi) is 4.98. The number of hydrogen-bond donors (Lipinski definition) is 0. The van der Waals surface area contributed by atoms with Gasteiger partial charge in [-0.2, -0.15) is 5.10 Å². The summed E-state index contributed by atoms with van der Waals surface area (Å²) in [7, 11) is 0. The van der Waals surface area contributed by atoms with Crippen molar-refractivity contribution < 1.29 is 4.79 Å². The molecule has 0 bridgehead atoms. The summed E-state index contributed by atoms with van der Waals surface area (Å²) in [6, 6.07) is 6.34. The minimum atomic E-state index is 0.0329. The molecule has 1 saturated heterocycles. The smallest absolute Gasteiger partial charge is 0.225 e. The fourth-order valence-corrected chi connectivity index (χ4v) is 3.96. The Morgan fingerprint density at radius 2 is 1.76 bits per heavy atom. The molecule has 1 aromatic carbocycles. The average Bonchev–Trinajstić information content (AvgIpc) is 3.10. The van der Waals surface area contributed by atoms with Crippen LogP contribution in [-0.4, -0.2) is 56.7 Å². The lowest BCUT2D eigenvalue weighted by Crippen LogP contribution is -2.50. The molecule has 7 nitrogen and oxygen atoms in total. The molecule has 1 aliphatic rings. The first-order valence-electron chi connectivity index (χ1n) is 10.2. The van der Waals surface area contributed by atoms with E-state index >= 15 is 0 Å². The molecule has 7 heteroatoms. The molecule has 0 radical (unpaired) electrons. The molecule has 3 heterocycles. The minimum absolute atomic E-state index is 0.0329. The number of nitrogens with zero attached hydrogens (tertiary/aromatic N) is 6. The number of carbonyl (C=O) groups is 1. The minimum Gasteiger partial charge on any atom is -0.352 e. The van der Waals surface area contributed by atoms with Gasteiger partial charge >= 0.3 is 0 Å². The number of aryl methyl sites for hydroxylation is 3. The third-order valence-corrected chi connectivity index (χ3v) is 5.49. The maximum atomic E-state index is 12.3. The molecule has 0 aliphatic carbocycles. The van der Waals surface area contributed by atoms with Gasteiger partial charge in [-0.1, -0.05) is 31.5 Å². The maximum Gasteiger partial charge on any atom is 0.225 e. The number of fused-ring (bicyclic) bond motifs is 1. The zero-order valence-corrected chi connectivity index (χ0v) is 17.8. The summed E-state index contributed by atoms with van der Waals surface area (Å²) in [5, 5.41) is 5.59. The van der Waals surface area contributed by atoms with Crippen LogP contribution in [0.15, 0.2) is 24.4 Å². The van der Waals surface area contributed by atoms with Crippen LogP contribution in [0.5, 0.6) is 0 Å². The highest BCUT2D eigenvalue weighted by molar-refractivity contribution is 5.88. The Labute approximate surface area is 171 Å². The number of benzene rings is 1. The highest BCUT2D eigenvalue weighted by atomic mass is 16.2. The molecule has 4 rings (SSSR count). The van der Waals surface area contributed by atoms with E-state index in [-0.39, 0.29) is 11.8 Å². The van der Waals surface area contributed by atoms with Crippen molar-refractivity contribution in [1.29, 1.82) is 0 Å². The third kappa shape index (κ3) is 3.57. The average molecular weight is 393 g/mol. The molecule has 1 fully saturated rings. The first-order chi connectivity index (χ1) is 13.8. The SMILES string of the molecule is Cc1ccc(-n2ncc3c(N4CCN(C(=O)C(C)C)CC4)nc(C)nc32)c(C)c1. The molecule has 0 spiro atoms. The normalized spacial score (nSPS) is 14.8. The Balaban J connectivity index is 1.69. The fraction of sp³-hybridized carbons (Fsp3) is 0.455. The van der Waals surface area contributed by atoms with Gasteiger partial charge in [0, 0.05) is 32.1 Å². The molecule has 0 unspecified atom stereocenters. The second kappa shape index (κ2) is 7.46. The largest absolute Gasteiger partial charge is 0.352 e. The van der Waals surface area contributed by atoms with Crippen molar-refractivity contribution in [2.24, 2.45) is 5.92 Å². The van der Waals surface area contributed by atoms with E-state index in [1.165, 1.54) is 5.56 Å². The molecular formula is C22H28N6O. The monoisotopic (exact) mass is 392 g/mol. The second-order valence-corrected chi connectivity index (χ2v) is 8.15. The number of rotatable bonds is 3. The van der Waals surface area contributed by atoms with Crippen molar-refractivity contribution in [3.05, 3.63) is 41.3 Å². The van der Waals surface area contributed by atoms with Crippen LogP contribution in [0.2, 0.25) is 0 Å². The van der Waals surface area contributed by atoms with Crippen molar-refractivity contribution in [2.45, 2.75) is 34.6 Å². The van der Waals surface area contributed by atoms with Gasteiger partial charge in [0.05, 0.1) is 17.3 Å². The molecule has 29 heavy (non-hydrogen) atoms. The van der Waals surface area contributed by atoms with Gasteiger partial charge in [0.1, 0.15) is 11.6 Å². The van der Waals surface area contributed by atoms with Gasteiger partial charge in [0.2, 0.25) is 5.91 Å². The molecule has 0 N–H and O–H groups in total. The predicted molar refractivity (Wildman–Crippen MR) is 115 cm³/mol. The maximum absolute atomic E-state index is 12.3.